The molecule has 0 unspecified atom stereocenters. The summed E-state index contributed by atoms with van der Waals surface area (Å²) in [6.45, 7) is 4.27. The first kappa shape index (κ1) is 16.8. The highest BCUT2D eigenvalue weighted by molar-refractivity contribution is 5.97. The maximum absolute atomic E-state index is 12.2. The molecule has 1 aromatic rings. The zero-order valence-electron chi connectivity index (χ0n) is 14.1. The summed E-state index contributed by atoms with van der Waals surface area (Å²) in [6.07, 6.45) is 2.51. The van der Waals surface area contributed by atoms with E-state index in [0.29, 0.717) is 19.1 Å². The Kier molecular flexibility index (Phi) is 5.35. The van der Waals surface area contributed by atoms with Crippen LogP contribution in [0.1, 0.15) is 26.2 Å². The van der Waals surface area contributed by atoms with Crippen molar-refractivity contribution in [2.45, 2.75) is 32.2 Å². The molecule has 2 N–H and O–H groups in total. The van der Waals surface area contributed by atoms with Gasteiger partial charge in [-0.25, -0.2) is 0 Å². The number of piperidine rings is 1. The van der Waals surface area contributed by atoms with E-state index in [1.165, 1.54) is 0 Å². The van der Waals surface area contributed by atoms with E-state index in [4.69, 9.17) is 4.74 Å². The Balaban J connectivity index is 1.46. The molecule has 6 heteroatoms. The van der Waals surface area contributed by atoms with Crippen LogP contribution in [0.3, 0.4) is 0 Å². The van der Waals surface area contributed by atoms with Crippen LogP contribution >= 0.6 is 0 Å². The Hall–Kier alpha value is -2.08. The van der Waals surface area contributed by atoms with E-state index in [9.17, 15) is 9.59 Å². The first-order chi connectivity index (χ1) is 11.6. The van der Waals surface area contributed by atoms with Crippen molar-refractivity contribution in [3.63, 3.8) is 0 Å². The van der Waals surface area contributed by atoms with Gasteiger partial charge in [0.25, 0.3) is 5.91 Å². The molecule has 3 rings (SSSR count). The number of carbonyl (C=O) groups is 2. The maximum Gasteiger partial charge on any atom is 0.265 e. The van der Waals surface area contributed by atoms with E-state index in [1.807, 2.05) is 24.3 Å². The number of amides is 2. The molecule has 0 saturated carbocycles. The van der Waals surface area contributed by atoms with Gasteiger partial charge >= 0.3 is 0 Å². The third-order valence-electron chi connectivity index (χ3n) is 4.66. The Labute approximate surface area is 142 Å². The van der Waals surface area contributed by atoms with Crippen LogP contribution in [0.2, 0.25) is 0 Å². The van der Waals surface area contributed by atoms with E-state index in [1.54, 1.807) is 4.90 Å². The highest BCUT2D eigenvalue weighted by Gasteiger charge is 2.26. The number of rotatable bonds is 5. The van der Waals surface area contributed by atoms with E-state index >= 15 is 0 Å². The first-order valence-electron chi connectivity index (χ1n) is 8.68. The van der Waals surface area contributed by atoms with Crippen LogP contribution in [0.25, 0.3) is 0 Å². The van der Waals surface area contributed by atoms with Crippen molar-refractivity contribution in [2.75, 3.05) is 31.1 Å². The van der Waals surface area contributed by atoms with Crippen LogP contribution in [0.5, 0.6) is 5.75 Å². The van der Waals surface area contributed by atoms with Gasteiger partial charge in [0.2, 0.25) is 5.91 Å². The van der Waals surface area contributed by atoms with Crippen molar-refractivity contribution in [1.29, 1.82) is 0 Å². The van der Waals surface area contributed by atoms with Gasteiger partial charge in [0, 0.05) is 25.0 Å². The van der Waals surface area contributed by atoms with Crippen molar-refractivity contribution in [3.8, 4) is 5.75 Å². The van der Waals surface area contributed by atoms with Crippen LogP contribution < -0.4 is 20.3 Å². The standard InChI is InChI=1S/C18H25N3O3/c1-13-11-14(7-9-19-13)18(23)20-8-4-10-21-15-5-2-3-6-16(15)24-12-17(21)22/h2-3,5-6,13-14,19H,4,7-12H2,1H3,(H,20,23)/t13-,14-/m0/s1. The van der Waals surface area contributed by atoms with Gasteiger partial charge in [-0.3, -0.25) is 9.59 Å². The number of carbonyl (C=O) groups excluding carboxylic acids is 2. The molecule has 2 aliphatic heterocycles. The van der Waals surface area contributed by atoms with Gasteiger partial charge in [-0.1, -0.05) is 12.1 Å². The molecule has 1 aromatic carbocycles. The van der Waals surface area contributed by atoms with Crippen LogP contribution in [0, 0.1) is 5.92 Å². The van der Waals surface area contributed by atoms with Gasteiger partial charge in [0.1, 0.15) is 5.75 Å². The SMILES string of the molecule is C[C@H]1C[C@@H](C(=O)NCCCN2C(=O)COc3ccccc32)CCN1. The summed E-state index contributed by atoms with van der Waals surface area (Å²) < 4.78 is 5.43. The Morgan fingerprint density at radius 2 is 2.25 bits per heavy atom. The summed E-state index contributed by atoms with van der Waals surface area (Å²) in [5.41, 5.74) is 0.812. The van der Waals surface area contributed by atoms with Gasteiger partial charge in [-0.15, -0.1) is 0 Å². The second kappa shape index (κ2) is 7.66. The summed E-state index contributed by atoms with van der Waals surface area (Å²) in [5.74, 6) is 0.945. The quantitative estimate of drug-likeness (QED) is 0.798. The Morgan fingerprint density at radius 1 is 1.42 bits per heavy atom. The fraction of sp³-hybridized carbons (Fsp3) is 0.556. The lowest BCUT2D eigenvalue weighted by Gasteiger charge is -2.29. The second-order valence-electron chi connectivity index (χ2n) is 6.52. The predicted molar refractivity (Wildman–Crippen MR) is 92.1 cm³/mol. The minimum Gasteiger partial charge on any atom is -0.482 e. The fourth-order valence-corrected chi connectivity index (χ4v) is 3.36. The number of nitrogens with zero attached hydrogens (tertiary/aromatic N) is 1. The molecule has 0 spiro atoms. The lowest BCUT2D eigenvalue weighted by molar-refractivity contribution is -0.126. The first-order valence-corrected chi connectivity index (χ1v) is 8.68. The number of fused-ring (bicyclic) bond motifs is 1. The van der Waals surface area contributed by atoms with Crippen LogP contribution in [0.15, 0.2) is 24.3 Å². The molecule has 130 valence electrons. The second-order valence-corrected chi connectivity index (χ2v) is 6.52. The molecule has 0 aliphatic carbocycles. The van der Waals surface area contributed by atoms with Gasteiger partial charge in [-0.2, -0.15) is 0 Å². The highest BCUT2D eigenvalue weighted by atomic mass is 16.5. The van der Waals surface area contributed by atoms with Gasteiger partial charge < -0.3 is 20.3 Å². The lowest BCUT2D eigenvalue weighted by atomic mass is 9.92. The zero-order chi connectivity index (χ0) is 16.9. The van der Waals surface area contributed by atoms with Gasteiger partial charge in [-0.05, 0) is 44.9 Å². The van der Waals surface area contributed by atoms with E-state index < -0.39 is 0 Å². The highest BCUT2D eigenvalue weighted by Crippen LogP contribution is 2.31. The van der Waals surface area contributed by atoms with Crippen LogP contribution in [0.4, 0.5) is 5.69 Å². The molecular formula is C18H25N3O3. The number of hydrogen-bond acceptors (Lipinski definition) is 4. The van der Waals surface area contributed by atoms with Crippen molar-refractivity contribution >= 4 is 17.5 Å². The topological polar surface area (TPSA) is 70.7 Å². The van der Waals surface area contributed by atoms with Crippen molar-refractivity contribution in [3.05, 3.63) is 24.3 Å². The maximum atomic E-state index is 12.2. The van der Waals surface area contributed by atoms with Gasteiger partial charge in [0.15, 0.2) is 6.61 Å². The summed E-state index contributed by atoms with van der Waals surface area (Å²) in [4.78, 5) is 26.0. The summed E-state index contributed by atoms with van der Waals surface area (Å²) in [5, 5.41) is 6.37. The molecular weight excluding hydrogens is 306 g/mol. The summed E-state index contributed by atoms with van der Waals surface area (Å²) in [6, 6.07) is 7.95. The smallest absolute Gasteiger partial charge is 0.265 e. The lowest BCUT2D eigenvalue weighted by Crippen LogP contribution is -2.43. The molecule has 2 aliphatic rings. The number of hydrogen-bond donors (Lipinski definition) is 2. The molecule has 0 aromatic heterocycles. The monoisotopic (exact) mass is 331 g/mol. The van der Waals surface area contributed by atoms with E-state index in [-0.39, 0.29) is 24.3 Å². The van der Waals surface area contributed by atoms with Crippen molar-refractivity contribution in [1.82, 2.24) is 10.6 Å². The molecule has 1 fully saturated rings. The number of ether oxygens (including phenoxy) is 1. The third kappa shape index (κ3) is 3.87. The fourth-order valence-electron chi connectivity index (χ4n) is 3.36. The average Bonchev–Trinajstić information content (AvgIpc) is 2.60. The van der Waals surface area contributed by atoms with Crippen molar-refractivity contribution < 1.29 is 14.3 Å². The Morgan fingerprint density at radius 3 is 3.08 bits per heavy atom. The number of para-hydroxylation sites is 2. The third-order valence-corrected chi connectivity index (χ3v) is 4.66. The minimum absolute atomic E-state index is 0.0350. The van der Waals surface area contributed by atoms with Crippen LogP contribution in [-0.2, 0) is 9.59 Å². The molecule has 1 saturated heterocycles. The van der Waals surface area contributed by atoms with Gasteiger partial charge in [0.05, 0.1) is 5.69 Å². The molecule has 2 amide bonds. The van der Waals surface area contributed by atoms with Crippen molar-refractivity contribution in [2.24, 2.45) is 5.92 Å². The predicted octanol–water partition coefficient (Wildman–Crippen LogP) is 1.31. The largest absolute Gasteiger partial charge is 0.482 e. The number of nitrogens with one attached hydrogen (secondary N) is 2. The number of benzene rings is 1. The summed E-state index contributed by atoms with van der Waals surface area (Å²) in [7, 11) is 0. The summed E-state index contributed by atoms with van der Waals surface area (Å²) >= 11 is 0. The molecule has 0 radical (unpaired) electrons. The Bertz CT molecular complexity index is 605. The van der Waals surface area contributed by atoms with E-state index in [0.717, 1.165) is 37.2 Å². The van der Waals surface area contributed by atoms with E-state index in [2.05, 4.69) is 17.6 Å². The minimum atomic E-state index is -0.0350. The molecule has 0 bridgehead atoms. The molecule has 2 heterocycles. The number of anilines is 1. The zero-order valence-corrected chi connectivity index (χ0v) is 14.1. The molecule has 6 nitrogen and oxygen atoms in total. The normalized spacial score (nSPS) is 23.4. The molecule has 2 atom stereocenters. The average molecular weight is 331 g/mol. The molecule has 24 heavy (non-hydrogen) atoms. The van der Waals surface area contributed by atoms with Crippen LogP contribution in [-0.4, -0.2) is 44.1 Å².